The third-order valence-electron chi connectivity index (χ3n) is 2.80. The van der Waals surface area contributed by atoms with E-state index >= 15 is 0 Å². The molecule has 0 aromatic carbocycles. The van der Waals surface area contributed by atoms with Gasteiger partial charge in [0.25, 0.3) is 0 Å². The monoisotopic (exact) mass is 220 g/mol. The minimum absolute atomic E-state index is 0.0764. The van der Waals surface area contributed by atoms with Gasteiger partial charge in [0, 0.05) is 30.1 Å². The molecule has 1 aliphatic rings. The Morgan fingerprint density at radius 2 is 2.47 bits per heavy atom. The first-order valence-electron chi connectivity index (χ1n) is 5.02. The van der Waals surface area contributed by atoms with Gasteiger partial charge in [-0.05, 0) is 17.5 Å². The summed E-state index contributed by atoms with van der Waals surface area (Å²) in [5.41, 5.74) is 2.45. The van der Waals surface area contributed by atoms with Gasteiger partial charge in [0.2, 0.25) is 0 Å². The normalized spacial score (nSPS) is 20.2. The summed E-state index contributed by atoms with van der Waals surface area (Å²) < 4.78 is 7.72. The molecule has 0 bridgehead atoms. The van der Waals surface area contributed by atoms with E-state index in [2.05, 4.69) is 16.5 Å². The molecule has 1 atom stereocenters. The van der Waals surface area contributed by atoms with Gasteiger partial charge in [-0.1, -0.05) is 0 Å². The van der Waals surface area contributed by atoms with E-state index in [1.807, 2.05) is 35.3 Å². The van der Waals surface area contributed by atoms with Crippen molar-refractivity contribution in [2.45, 2.75) is 12.5 Å². The Morgan fingerprint density at radius 1 is 1.53 bits per heavy atom. The molecule has 3 nitrogen and oxygen atoms in total. The first-order valence-corrected chi connectivity index (χ1v) is 5.90. The number of ether oxygens (including phenoxy) is 1. The molecule has 0 aliphatic carbocycles. The van der Waals surface area contributed by atoms with Crippen molar-refractivity contribution in [2.24, 2.45) is 7.05 Å². The van der Waals surface area contributed by atoms with E-state index in [9.17, 15) is 0 Å². The summed E-state index contributed by atoms with van der Waals surface area (Å²) in [6, 6.07) is 4.19. The Bertz CT molecular complexity index is 474. The fourth-order valence-electron chi connectivity index (χ4n) is 2.03. The van der Waals surface area contributed by atoms with Crippen LogP contribution in [0.2, 0.25) is 0 Å². The van der Waals surface area contributed by atoms with E-state index in [1.54, 1.807) is 0 Å². The van der Waals surface area contributed by atoms with Crippen molar-refractivity contribution in [3.05, 3.63) is 39.8 Å². The third kappa shape index (κ3) is 1.41. The van der Waals surface area contributed by atoms with Gasteiger partial charge < -0.3 is 4.74 Å². The first kappa shape index (κ1) is 9.12. The Kier molecular flexibility index (Phi) is 2.11. The summed E-state index contributed by atoms with van der Waals surface area (Å²) >= 11 is 1.82. The molecule has 1 unspecified atom stereocenters. The molecule has 3 rings (SSSR count). The molecule has 0 N–H and O–H groups in total. The molecular weight excluding hydrogens is 208 g/mol. The van der Waals surface area contributed by atoms with Gasteiger partial charge in [-0.15, -0.1) is 11.3 Å². The molecule has 2 aromatic heterocycles. The lowest BCUT2D eigenvalue weighted by Crippen LogP contribution is -2.17. The van der Waals surface area contributed by atoms with E-state index in [0.29, 0.717) is 0 Å². The lowest BCUT2D eigenvalue weighted by Gasteiger charge is -2.23. The van der Waals surface area contributed by atoms with Crippen LogP contribution in [0.5, 0.6) is 0 Å². The van der Waals surface area contributed by atoms with Crippen molar-refractivity contribution in [3.63, 3.8) is 0 Å². The van der Waals surface area contributed by atoms with E-state index < -0.39 is 0 Å². The topological polar surface area (TPSA) is 27.1 Å². The fraction of sp³-hybridized carbons (Fsp3) is 0.364. The summed E-state index contributed by atoms with van der Waals surface area (Å²) in [7, 11) is 1.96. The number of hydrogen-bond donors (Lipinski definition) is 0. The van der Waals surface area contributed by atoms with E-state index in [4.69, 9.17) is 4.74 Å². The summed E-state index contributed by atoms with van der Waals surface area (Å²) in [5, 5.41) is 6.33. The van der Waals surface area contributed by atoms with Gasteiger partial charge >= 0.3 is 0 Å². The van der Waals surface area contributed by atoms with E-state index in [-0.39, 0.29) is 6.10 Å². The predicted octanol–water partition coefficient (Wildman–Crippen LogP) is 2.14. The number of fused-ring (bicyclic) bond motifs is 1. The van der Waals surface area contributed by atoms with Crippen molar-refractivity contribution in [2.75, 3.05) is 6.61 Å². The quantitative estimate of drug-likeness (QED) is 0.736. The summed E-state index contributed by atoms with van der Waals surface area (Å²) in [5.74, 6) is 0. The van der Waals surface area contributed by atoms with Crippen LogP contribution in [0.4, 0.5) is 0 Å². The molecule has 15 heavy (non-hydrogen) atoms. The van der Waals surface area contributed by atoms with Crippen LogP contribution in [-0.2, 0) is 18.2 Å². The largest absolute Gasteiger partial charge is 0.367 e. The average Bonchev–Trinajstić information content (AvgIpc) is 2.85. The maximum atomic E-state index is 5.83. The third-order valence-corrected chi connectivity index (χ3v) is 3.80. The van der Waals surface area contributed by atoms with E-state index in [0.717, 1.165) is 18.7 Å². The zero-order chi connectivity index (χ0) is 10.3. The van der Waals surface area contributed by atoms with E-state index in [1.165, 1.54) is 10.4 Å². The molecule has 0 saturated heterocycles. The van der Waals surface area contributed by atoms with Crippen molar-refractivity contribution in [3.8, 4) is 0 Å². The maximum Gasteiger partial charge on any atom is 0.125 e. The number of hydrogen-bond acceptors (Lipinski definition) is 3. The molecule has 4 heteroatoms. The van der Waals surface area contributed by atoms with Crippen LogP contribution in [0.3, 0.4) is 0 Å². The Balaban J connectivity index is 2.07. The fourth-order valence-corrected chi connectivity index (χ4v) is 2.92. The van der Waals surface area contributed by atoms with Gasteiger partial charge in [-0.25, -0.2) is 0 Å². The molecule has 2 aromatic rings. The van der Waals surface area contributed by atoms with Crippen LogP contribution in [0.25, 0.3) is 0 Å². The molecule has 0 fully saturated rings. The smallest absolute Gasteiger partial charge is 0.125 e. The Morgan fingerprint density at radius 3 is 3.27 bits per heavy atom. The van der Waals surface area contributed by atoms with Crippen molar-refractivity contribution >= 4 is 11.3 Å². The number of aromatic nitrogens is 2. The Labute approximate surface area is 92.3 Å². The van der Waals surface area contributed by atoms with Crippen molar-refractivity contribution < 1.29 is 4.74 Å². The summed E-state index contributed by atoms with van der Waals surface area (Å²) in [4.78, 5) is 1.45. The number of rotatable bonds is 1. The lowest BCUT2D eigenvalue weighted by molar-refractivity contribution is 0.0659. The van der Waals surface area contributed by atoms with Crippen LogP contribution in [0.15, 0.2) is 23.7 Å². The summed E-state index contributed by atoms with van der Waals surface area (Å²) in [6.07, 6.45) is 2.94. The predicted molar refractivity (Wildman–Crippen MR) is 59.0 cm³/mol. The standard InChI is InChI=1S/C11H12N2OS/c1-13-9(2-5-12-13)11-8-4-7-15-10(8)3-6-14-11/h2,4-5,7,11H,3,6H2,1H3. The molecule has 0 radical (unpaired) electrons. The second-order valence-electron chi connectivity index (χ2n) is 3.68. The summed E-state index contributed by atoms with van der Waals surface area (Å²) in [6.45, 7) is 0.809. The van der Waals surface area contributed by atoms with Gasteiger partial charge in [0.05, 0.1) is 12.3 Å². The van der Waals surface area contributed by atoms with Crippen LogP contribution >= 0.6 is 11.3 Å². The van der Waals surface area contributed by atoms with Crippen LogP contribution in [-0.4, -0.2) is 16.4 Å². The zero-order valence-corrected chi connectivity index (χ0v) is 9.33. The highest BCUT2D eigenvalue weighted by atomic mass is 32.1. The average molecular weight is 220 g/mol. The number of thiophene rings is 1. The van der Waals surface area contributed by atoms with Gasteiger partial charge in [0.15, 0.2) is 0 Å². The minimum atomic E-state index is 0.0764. The second-order valence-corrected chi connectivity index (χ2v) is 4.68. The minimum Gasteiger partial charge on any atom is -0.367 e. The van der Waals surface area contributed by atoms with Gasteiger partial charge in [0.1, 0.15) is 6.10 Å². The molecular formula is C11H12N2OS. The zero-order valence-electron chi connectivity index (χ0n) is 8.51. The molecule has 0 amide bonds. The highest BCUT2D eigenvalue weighted by Crippen LogP contribution is 2.34. The van der Waals surface area contributed by atoms with Gasteiger partial charge in [-0.3, -0.25) is 4.68 Å². The van der Waals surface area contributed by atoms with Crippen molar-refractivity contribution in [1.29, 1.82) is 0 Å². The molecule has 78 valence electrons. The van der Waals surface area contributed by atoms with Crippen LogP contribution in [0, 0.1) is 0 Å². The van der Waals surface area contributed by atoms with Gasteiger partial charge in [-0.2, -0.15) is 5.10 Å². The second kappa shape index (κ2) is 3.47. The molecule has 0 spiro atoms. The molecule has 1 aliphatic heterocycles. The highest BCUT2D eigenvalue weighted by Gasteiger charge is 2.25. The lowest BCUT2D eigenvalue weighted by atomic mass is 10.0. The Hall–Kier alpha value is -1.13. The maximum absolute atomic E-state index is 5.83. The van der Waals surface area contributed by atoms with Crippen LogP contribution < -0.4 is 0 Å². The SMILES string of the molecule is Cn1nccc1C1OCCc2sccc21. The van der Waals surface area contributed by atoms with Crippen molar-refractivity contribution in [1.82, 2.24) is 9.78 Å². The number of nitrogens with zero attached hydrogens (tertiary/aromatic N) is 2. The van der Waals surface area contributed by atoms with Crippen LogP contribution in [0.1, 0.15) is 22.2 Å². The first-order chi connectivity index (χ1) is 7.36. The molecule has 0 saturated carbocycles. The number of aryl methyl sites for hydroxylation is 1. The highest BCUT2D eigenvalue weighted by molar-refractivity contribution is 7.10. The molecule has 3 heterocycles.